The Hall–Kier alpha value is -2.77. The van der Waals surface area contributed by atoms with Gasteiger partial charge < -0.3 is 15.0 Å². The molecule has 1 fully saturated rings. The molecule has 2 aromatic rings. The van der Waals surface area contributed by atoms with Crippen LogP contribution in [-0.4, -0.2) is 29.0 Å². The summed E-state index contributed by atoms with van der Waals surface area (Å²) in [5.41, 5.74) is -0.202. The topological polar surface area (TPSA) is 84.1 Å². The molecular weight excluding hydrogens is 392 g/mol. The van der Waals surface area contributed by atoms with Crippen LogP contribution in [0, 0.1) is 5.92 Å². The Kier molecular flexibility index (Phi) is 7.18. The van der Waals surface area contributed by atoms with E-state index in [0.29, 0.717) is 29.8 Å². The zero-order valence-electron chi connectivity index (χ0n) is 17.2. The van der Waals surface area contributed by atoms with Crippen molar-refractivity contribution in [3.05, 3.63) is 57.6 Å². The molecule has 0 spiro atoms. The molecule has 8 heteroatoms. The number of ether oxygens (including phenoxy) is 1. The Morgan fingerprint density at radius 2 is 2.00 bits per heavy atom. The number of pyridine rings is 2. The summed E-state index contributed by atoms with van der Waals surface area (Å²) in [4.78, 5) is 30.8. The van der Waals surface area contributed by atoms with Gasteiger partial charge in [0, 0.05) is 24.5 Å². The largest absolute Gasteiger partial charge is 0.481 e. The number of alkyl halides is 2. The summed E-state index contributed by atoms with van der Waals surface area (Å²) in [6.45, 7) is 2.02. The van der Waals surface area contributed by atoms with Gasteiger partial charge in [-0.3, -0.25) is 9.59 Å². The quantitative estimate of drug-likeness (QED) is 0.705. The standard InChI is InChI=1S/C22H27F2N3O3/c1-3-17(27-21(28)15-8-9-18(30-2)26-12-15)14-6-4-13(5-7-14)16-10-11-25-22(29)19(16)20(23)24/h8-14,17,20H,3-7H2,1-2H3,(H,25,29)(H,27,28)/t13-,14+,17?. The van der Waals surface area contributed by atoms with Crippen molar-refractivity contribution in [3.8, 4) is 5.88 Å². The summed E-state index contributed by atoms with van der Waals surface area (Å²) in [6.07, 6.45) is 3.94. The zero-order chi connectivity index (χ0) is 21.7. The lowest BCUT2D eigenvalue weighted by atomic mass is 9.74. The third kappa shape index (κ3) is 4.86. The average Bonchev–Trinajstić information content (AvgIpc) is 2.77. The van der Waals surface area contributed by atoms with Gasteiger partial charge in [0.15, 0.2) is 0 Å². The zero-order valence-corrected chi connectivity index (χ0v) is 17.2. The first-order valence-corrected chi connectivity index (χ1v) is 10.2. The predicted molar refractivity (Wildman–Crippen MR) is 109 cm³/mol. The number of halogens is 2. The fourth-order valence-electron chi connectivity index (χ4n) is 4.36. The third-order valence-corrected chi connectivity index (χ3v) is 6.00. The van der Waals surface area contributed by atoms with E-state index in [-0.39, 0.29) is 23.8 Å². The molecule has 0 aliphatic heterocycles. The van der Waals surface area contributed by atoms with Gasteiger partial charge in [0.05, 0.1) is 18.2 Å². The SMILES string of the molecule is CCC(NC(=O)c1ccc(OC)nc1)[C@H]1CC[C@@H](c2cc[nH]c(=O)c2C(F)F)CC1. The van der Waals surface area contributed by atoms with E-state index in [0.717, 1.165) is 19.3 Å². The fraction of sp³-hybridized carbons (Fsp3) is 0.500. The van der Waals surface area contributed by atoms with Gasteiger partial charge in [0.2, 0.25) is 5.88 Å². The van der Waals surface area contributed by atoms with Crippen molar-refractivity contribution in [1.29, 1.82) is 0 Å². The minimum absolute atomic E-state index is 0.00528. The van der Waals surface area contributed by atoms with Crippen molar-refractivity contribution < 1.29 is 18.3 Å². The van der Waals surface area contributed by atoms with E-state index < -0.39 is 17.5 Å². The van der Waals surface area contributed by atoms with Crippen LogP contribution in [0.5, 0.6) is 5.88 Å². The van der Waals surface area contributed by atoms with Crippen molar-refractivity contribution in [1.82, 2.24) is 15.3 Å². The van der Waals surface area contributed by atoms with Crippen LogP contribution in [0.2, 0.25) is 0 Å². The lowest BCUT2D eigenvalue weighted by Crippen LogP contribution is -2.41. The van der Waals surface area contributed by atoms with E-state index in [1.54, 1.807) is 18.2 Å². The molecule has 2 aromatic heterocycles. The summed E-state index contributed by atoms with van der Waals surface area (Å²) >= 11 is 0. The summed E-state index contributed by atoms with van der Waals surface area (Å²) in [6, 6.07) is 4.91. The summed E-state index contributed by atoms with van der Waals surface area (Å²) in [7, 11) is 1.52. The first-order chi connectivity index (χ1) is 14.4. The Morgan fingerprint density at radius 1 is 1.27 bits per heavy atom. The summed E-state index contributed by atoms with van der Waals surface area (Å²) in [5, 5.41) is 3.09. The molecule has 2 N–H and O–H groups in total. The summed E-state index contributed by atoms with van der Waals surface area (Å²) in [5.74, 6) is 0.457. The van der Waals surface area contributed by atoms with E-state index in [2.05, 4.69) is 15.3 Å². The van der Waals surface area contributed by atoms with Crippen LogP contribution in [0.15, 0.2) is 35.4 Å². The predicted octanol–water partition coefficient (Wildman–Crippen LogP) is 4.20. The average molecular weight is 419 g/mol. The van der Waals surface area contributed by atoms with Crippen molar-refractivity contribution >= 4 is 5.91 Å². The Labute approximate surface area is 174 Å². The van der Waals surface area contributed by atoms with Gasteiger partial charge in [-0.15, -0.1) is 0 Å². The van der Waals surface area contributed by atoms with Gasteiger partial charge in [-0.2, -0.15) is 0 Å². The van der Waals surface area contributed by atoms with E-state index in [4.69, 9.17) is 4.74 Å². The second-order valence-corrected chi connectivity index (χ2v) is 7.67. The van der Waals surface area contributed by atoms with Crippen molar-refractivity contribution in [2.45, 2.75) is 57.4 Å². The van der Waals surface area contributed by atoms with Gasteiger partial charge in [-0.1, -0.05) is 6.92 Å². The lowest BCUT2D eigenvalue weighted by Gasteiger charge is -2.34. The Morgan fingerprint density at radius 3 is 2.57 bits per heavy atom. The number of hydrogen-bond acceptors (Lipinski definition) is 4. The highest BCUT2D eigenvalue weighted by atomic mass is 19.3. The number of amides is 1. The lowest BCUT2D eigenvalue weighted by molar-refractivity contribution is 0.0908. The number of aromatic amines is 1. The van der Waals surface area contributed by atoms with Crippen LogP contribution in [-0.2, 0) is 0 Å². The fourth-order valence-corrected chi connectivity index (χ4v) is 4.36. The number of hydrogen-bond donors (Lipinski definition) is 2. The number of methoxy groups -OCH3 is 1. The third-order valence-electron chi connectivity index (χ3n) is 6.00. The van der Waals surface area contributed by atoms with Crippen molar-refractivity contribution in [2.75, 3.05) is 7.11 Å². The minimum atomic E-state index is -2.79. The van der Waals surface area contributed by atoms with Crippen LogP contribution in [0.3, 0.4) is 0 Å². The van der Waals surface area contributed by atoms with Crippen LogP contribution in [0.4, 0.5) is 8.78 Å². The molecule has 1 aliphatic rings. The number of aromatic nitrogens is 2. The van der Waals surface area contributed by atoms with Gasteiger partial charge in [-0.05, 0) is 61.6 Å². The molecule has 162 valence electrons. The Balaban J connectivity index is 1.64. The van der Waals surface area contributed by atoms with Crippen LogP contribution in [0.1, 0.15) is 72.9 Å². The van der Waals surface area contributed by atoms with E-state index in [9.17, 15) is 18.4 Å². The molecule has 0 radical (unpaired) electrons. The van der Waals surface area contributed by atoms with E-state index >= 15 is 0 Å². The maximum Gasteiger partial charge on any atom is 0.269 e. The molecule has 1 unspecified atom stereocenters. The smallest absolute Gasteiger partial charge is 0.269 e. The van der Waals surface area contributed by atoms with Crippen LogP contribution < -0.4 is 15.6 Å². The summed E-state index contributed by atoms with van der Waals surface area (Å²) < 4.78 is 31.8. The monoisotopic (exact) mass is 419 g/mol. The molecule has 6 nitrogen and oxygen atoms in total. The number of carbonyl (C=O) groups excluding carboxylic acids is 1. The van der Waals surface area contributed by atoms with Gasteiger partial charge in [0.25, 0.3) is 17.9 Å². The molecule has 1 saturated carbocycles. The van der Waals surface area contributed by atoms with Crippen molar-refractivity contribution in [2.24, 2.45) is 5.92 Å². The molecular formula is C22H27F2N3O3. The normalized spacial score (nSPS) is 20.0. The van der Waals surface area contributed by atoms with Crippen LogP contribution >= 0.6 is 0 Å². The second-order valence-electron chi connectivity index (χ2n) is 7.67. The highest BCUT2D eigenvalue weighted by Crippen LogP contribution is 2.39. The molecule has 30 heavy (non-hydrogen) atoms. The molecule has 1 atom stereocenters. The molecule has 1 aliphatic carbocycles. The minimum Gasteiger partial charge on any atom is -0.481 e. The molecule has 1 amide bonds. The first-order valence-electron chi connectivity index (χ1n) is 10.2. The number of carbonyl (C=O) groups is 1. The molecule has 0 saturated heterocycles. The van der Waals surface area contributed by atoms with E-state index in [1.807, 2.05) is 6.92 Å². The van der Waals surface area contributed by atoms with Crippen LogP contribution in [0.25, 0.3) is 0 Å². The highest BCUT2D eigenvalue weighted by Gasteiger charge is 2.31. The Bertz CT molecular complexity index is 907. The number of nitrogens with zero attached hydrogens (tertiary/aromatic N) is 1. The first kappa shape index (κ1) is 21.9. The maximum atomic E-state index is 13.4. The highest BCUT2D eigenvalue weighted by molar-refractivity contribution is 5.94. The van der Waals surface area contributed by atoms with Gasteiger partial charge in [0.1, 0.15) is 0 Å². The number of H-pyrrole nitrogens is 1. The molecule has 2 heterocycles. The molecule has 0 aromatic carbocycles. The van der Waals surface area contributed by atoms with Crippen molar-refractivity contribution in [3.63, 3.8) is 0 Å². The number of nitrogens with one attached hydrogen (secondary N) is 2. The van der Waals surface area contributed by atoms with E-state index in [1.165, 1.54) is 19.5 Å². The van der Waals surface area contributed by atoms with Gasteiger partial charge in [-0.25, -0.2) is 13.8 Å². The maximum absolute atomic E-state index is 13.4. The number of rotatable bonds is 7. The van der Waals surface area contributed by atoms with Gasteiger partial charge >= 0.3 is 0 Å². The second kappa shape index (κ2) is 9.82. The molecule has 0 bridgehead atoms. The molecule has 3 rings (SSSR count).